The summed E-state index contributed by atoms with van der Waals surface area (Å²) in [6, 6.07) is 21.5. The highest BCUT2D eigenvalue weighted by atomic mass is 16.6. The lowest BCUT2D eigenvalue weighted by atomic mass is 10.1. The molecule has 0 heterocycles. The maximum atomic E-state index is 12.8. The fraction of sp³-hybridized carbons (Fsp3) is 0.128. The summed E-state index contributed by atoms with van der Waals surface area (Å²) in [5.41, 5.74) is 1.15. The maximum absolute atomic E-state index is 12.8. The lowest BCUT2D eigenvalue weighted by Crippen LogP contribution is -2.13. The monoisotopic (exact) mass is 692 g/mol. The van der Waals surface area contributed by atoms with Gasteiger partial charge in [0.1, 0.15) is 22.6 Å². The molecule has 12 heteroatoms. The molecule has 0 aliphatic carbocycles. The number of ether oxygens (including phenoxy) is 6. The highest BCUT2D eigenvalue weighted by Crippen LogP contribution is 2.32. The van der Waals surface area contributed by atoms with E-state index in [0.29, 0.717) is 11.1 Å². The number of ketones is 2. The minimum atomic E-state index is -0.771. The summed E-state index contributed by atoms with van der Waals surface area (Å²) in [6.45, 7) is 2.43. The van der Waals surface area contributed by atoms with E-state index in [1.807, 2.05) is 0 Å². The van der Waals surface area contributed by atoms with Gasteiger partial charge >= 0.3 is 23.9 Å². The van der Waals surface area contributed by atoms with Crippen molar-refractivity contribution in [3.05, 3.63) is 119 Å². The van der Waals surface area contributed by atoms with E-state index in [9.17, 15) is 28.8 Å². The Bertz CT molecular complexity index is 1890. The predicted octanol–water partition coefficient (Wildman–Crippen LogP) is 6.25. The lowest BCUT2D eigenvalue weighted by molar-refractivity contribution is -0.132. The summed E-state index contributed by atoms with van der Waals surface area (Å²) in [5.74, 6) is -2.96. The molecule has 51 heavy (non-hydrogen) atoms. The first-order chi connectivity index (χ1) is 24.5. The molecule has 0 aliphatic heterocycles. The fourth-order valence-corrected chi connectivity index (χ4v) is 4.48. The van der Waals surface area contributed by atoms with Gasteiger partial charge in [-0.2, -0.15) is 0 Å². The zero-order valence-electron chi connectivity index (χ0n) is 28.0. The number of hydrogen-bond donors (Lipinski definition) is 0. The zero-order valence-corrected chi connectivity index (χ0v) is 28.0. The van der Waals surface area contributed by atoms with E-state index < -0.39 is 41.9 Å². The van der Waals surface area contributed by atoms with Crippen LogP contribution in [0.15, 0.2) is 97.1 Å². The van der Waals surface area contributed by atoms with Crippen molar-refractivity contribution in [1.82, 2.24) is 0 Å². The number of carbonyl (C=O) groups is 6. The van der Waals surface area contributed by atoms with Gasteiger partial charge in [0.25, 0.3) is 0 Å². The Hall–Kier alpha value is -6.82. The molecule has 0 radical (unpaired) electrons. The molecule has 4 aromatic rings. The zero-order chi connectivity index (χ0) is 36.9. The number of hydrogen-bond acceptors (Lipinski definition) is 12. The van der Waals surface area contributed by atoms with Crippen LogP contribution >= 0.6 is 0 Å². The first-order valence-electron chi connectivity index (χ1n) is 15.2. The normalized spacial score (nSPS) is 10.7. The van der Waals surface area contributed by atoms with E-state index in [-0.39, 0.29) is 45.6 Å². The van der Waals surface area contributed by atoms with Crippen LogP contribution in [0.4, 0.5) is 0 Å². The average molecular weight is 693 g/mol. The molecule has 0 amide bonds. The number of rotatable bonds is 14. The predicted molar refractivity (Wildman–Crippen MR) is 184 cm³/mol. The molecule has 0 unspecified atom stereocenters. The Morgan fingerprint density at radius 3 is 1.25 bits per heavy atom. The fourth-order valence-electron chi connectivity index (χ4n) is 4.48. The molecule has 0 aromatic heterocycles. The van der Waals surface area contributed by atoms with Crippen molar-refractivity contribution in [1.29, 1.82) is 0 Å². The molecule has 4 aromatic carbocycles. The summed E-state index contributed by atoms with van der Waals surface area (Å²) in [7, 11) is 2.76. The minimum absolute atomic E-state index is 0.0424. The quantitative estimate of drug-likeness (QED) is 0.0634. The Morgan fingerprint density at radius 1 is 0.490 bits per heavy atom. The number of allylic oxidation sites excluding steroid dienone is 2. The van der Waals surface area contributed by atoms with Crippen molar-refractivity contribution in [2.45, 2.75) is 20.3 Å². The van der Waals surface area contributed by atoms with Gasteiger partial charge in [0, 0.05) is 13.8 Å². The third-order valence-corrected chi connectivity index (χ3v) is 6.77. The molecule has 0 saturated carbocycles. The minimum Gasteiger partial charge on any atom is -0.493 e. The van der Waals surface area contributed by atoms with Gasteiger partial charge < -0.3 is 28.4 Å². The van der Waals surface area contributed by atoms with E-state index in [1.54, 1.807) is 48.5 Å². The molecular weight excluding hydrogens is 660 g/mol. The Morgan fingerprint density at radius 2 is 0.882 bits per heavy atom. The molecule has 0 N–H and O–H groups in total. The van der Waals surface area contributed by atoms with Gasteiger partial charge in [-0.1, -0.05) is 48.6 Å². The lowest BCUT2D eigenvalue weighted by Gasteiger charge is -2.12. The van der Waals surface area contributed by atoms with Gasteiger partial charge in [-0.05, 0) is 71.8 Å². The third-order valence-electron chi connectivity index (χ3n) is 6.77. The second-order valence-electron chi connectivity index (χ2n) is 10.6. The van der Waals surface area contributed by atoms with E-state index >= 15 is 0 Å². The Balaban J connectivity index is 1.35. The highest BCUT2D eigenvalue weighted by molar-refractivity contribution is 6.11. The largest absolute Gasteiger partial charge is 0.493 e. The van der Waals surface area contributed by atoms with E-state index in [0.717, 1.165) is 0 Å². The molecule has 0 saturated heterocycles. The number of carbonyl (C=O) groups excluding carboxylic acids is 6. The Kier molecular flexibility index (Phi) is 12.7. The number of para-hydroxylation sites is 2. The molecule has 0 aliphatic rings. The van der Waals surface area contributed by atoms with Gasteiger partial charge in [-0.25, -0.2) is 9.59 Å². The summed E-state index contributed by atoms with van der Waals surface area (Å²) in [5, 5.41) is 0. The van der Waals surface area contributed by atoms with Crippen LogP contribution in [0, 0.1) is 0 Å². The van der Waals surface area contributed by atoms with Gasteiger partial charge in [0.05, 0.1) is 20.6 Å². The summed E-state index contributed by atoms with van der Waals surface area (Å²) < 4.78 is 31.8. The topological polar surface area (TPSA) is 158 Å². The summed E-state index contributed by atoms with van der Waals surface area (Å²) >= 11 is 0. The molecule has 0 bridgehead atoms. The molecule has 260 valence electrons. The van der Waals surface area contributed by atoms with Gasteiger partial charge in [-0.15, -0.1) is 0 Å². The van der Waals surface area contributed by atoms with Crippen LogP contribution < -0.4 is 28.4 Å². The third kappa shape index (κ3) is 10.6. The van der Waals surface area contributed by atoms with Crippen LogP contribution in [0.1, 0.15) is 52.1 Å². The van der Waals surface area contributed by atoms with Crippen molar-refractivity contribution in [3.8, 4) is 34.5 Å². The second-order valence-corrected chi connectivity index (χ2v) is 10.6. The molecular formula is C39H32O12. The van der Waals surface area contributed by atoms with Crippen LogP contribution in [0.25, 0.3) is 12.2 Å². The highest BCUT2D eigenvalue weighted by Gasteiger charge is 2.19. The summed E-state index contributed by atoms with van der Waals surface area (Å²) in [6.07, 6.45) is 5.05. The van der Waals surface area contributed by atoms with Crippen LogP contribution in [0.3, 0.4) is 0 Å². The molecule has 4 rings (SSSR count). The standard InChI is InChI=1S/C39H32O12/c1-24(40)48-32-11-7-5-9-30(32)38(44)50-34-19-15-26(21-36(34)46-3)13-17-28(42)23-29(43)18-14-27-16-20-35(37(22-27)47-4)51-39(45)31-10-6-8-12-33(31)49-25(2)41/h5-22H,23H2,1-4H3/b17-13+,18-14+. The Labute approximate surface area is 292 Å². The smallest absolute Gasteiger partial charge is 0.347 e. The van der Waals surface area contributed by atoms with E-state index in [4.69, 9.17) is 28.4 Å². The van der Waals surface area contributed by atoms with Crippen molar-refractivity contribution in [2.24, 2.45) is 0 Å². The molecule has 0 atom stereocenters. The first-order valence-corrected chi connectivity index (χ1v) is 15.2. The van der Waals surface area contributed by atoms with Gasteiger partial charge in [-0.3, -0.25) is 19.2 Å². The van der Waals surface area contributed by atoms with Crippen molar-refractivity contribution >= 4 is 47.6 Å². The van der Waals surface area contributed by atoms with Gasteiger partial charge in [0.2, 0.25) is 0 Å². The molecule has 12 nitrogen and oxygen atoms in total. The average Bonchev–Trinajstić information content (AvgIpc) is 3.10. The SMILES string of the molecule is COc1cc(/C=C/C(=O)CC(=O)/C=C/c2ccc(OC(=O)c3ccccc3OC(C)=O)c(OC)c2)ccc1OC(=O)c1ccccc1OC(C)=O. The second kappa shape index (κ2) is 17.5. The first kappa shape index (κ1) is 37.0. The van der Waals surface area contributed by atoms with E-state index in [2.05, 4.69) is 0 Å². The van der Waals surface area contributed by atoms with Crippen LogP contribution in [0.2, 0.25) is 0 Å². The van der Waals surface area contributed by atoms with Crippen molar-refractivity contribution < 1.29 is 57.2 Å². The molecule has 0 fully saturated rings. The molecule has 0 spiro atoms. The number of methoxy groups -OCH3 is 2. The van der Waals surface area contributed by atoms with Gasteiger partial charge in [0.15, 0.2) is 34.6 Å². The van der Waals surface area contributed by atoms with Crippen LogP contribution in [-0.2, 0) is 19.2 Å². The van der Waals surface area contributed by atoms with E-state index in [1.165, 1.54) is 88.8 Å². The summed E-state index contributed by atoms with van der Waals surface area (Å²) in [4.78, 5) is 73.5. The van der Waals surface area contributed by atoms with Crippen molar-refractivity contribution in [3.63, 3.8) is 0 Å². The van der Waals surface area contributed by atoms with Crippen LogP contribution in [-0.4, -0.2) is 49.7 Å². The van der Waals surface area contributed by atoms with Crippen LogP contribution in [0.5, 0.6) is 34.5 Å². The van der Waals surface area contributed by atoms with Crippen molar-refractivity contribution in [2.75, 3.05) is 14.2 Å². The number of benzene rings is 4. The maximum Gasteiger partial charge on any atom is 0.347 e. The number of esters is 4.